The second-order valence-electron chi connectivity index (χ2n) is 15.9. The Kier molecular flexibility index (Phi) is 14.0. The summed E-state index contributed by atoms with van der Waals surface area (Å²) in [4.78, 5) is 8.57. The summed E-state index contributed by atoms with van der Waals surface area (Å²) in [6.07, 6.45) is 12.0. The van der Waals surface area contributed by atoms with Crippen molar-refractivity contribution in [2.75, 3.05) is 26.1 Å². The van der Waals surface area contributed by atoms with Crippen molar-refractivity contribution >= 4 is 40.0 Å². The number of benzene rings is 5. The maximum atomic E-state index is 10.0. The van der Waals surface area contributed by atoms with Gasteiger partial charge < -0.3 is 29.3 Å². The van der Waals surface area contributed by atoms with Crippen LogP contribution in [0.15, 0.2) is 155 Å². The standard InChI is InChI=1S/C51H55NO6S2/c1-3-29-55-51-48(60-42-23-19-36-15-7-8-16-37(36)30-42)33-46(52-56-34-35-13-5-4-6-14-35)44-31-38(17-9-11-27-53)43(18-10-12-28-54)49(50(44)51)45-32-40(22-26-47(45)58-51)57-39-20-24-41(59-2)25-21-39/h3-8,13-16,19-26,30-32,38,43,48-50,53-54H,1,9-12,17-18,27-29,33-34H2,2H3/t38-,43+,48-,49+,50+,51+/m0/s1. The molecule has 60 heavy (non-hydrogen) atoms. The fraction of sp³-hybridized carbons (Fsp3) is 0.353. The van der Waals surface area contributed by atoms with E-state index in [-0.39, 0.29) is 42.1 Å². The second-order valence-corrected chi connectivity index (χ2v) is 18.1. The van der Waals surface area contributed by atoms with Gasteiger partial charge >= 0.3 is 0 Å². The van der Waals surface area contributed by atoms with Crippen LogP contribution in [0.4, 0.5) is 0 Å². The van der Waals surface area contributed by atoms with Crippen molar-refractivity contribution in [3.8, 4) is 17.2 Å². The highest BCUT2D eigenvalue weighted by Gasteiger charge is 2.64. The number of ether oxygens (including phenoxy) is 3. The van der Waals surface area contributed by atoms with E-state index < -0.39 is 5.79 Å². The first-order valence-corrected chi connectivity index (χ1v) is 23.4. The summed E-state index contributed by atoms with van der Waals surface area (Å²) < 4.78 is 21.2. The molecule has 0 saturated heterocycles. The highest BCUT2D eigenvalue weighted by Crippen LogP contribution is 2.63. The summed E-state index contributed by atoms with van der Waals surface area (Å²) in [5.41, 5.74) is 4.15. The van der Waals surface area contributed by atoms with E-state index in [4.69, 9.17) is 24.2 Å². The predicted molar refractivity (Wildman–Crippen MR) is 244 cm³/mol. The maximum Gasteiger partial charge on any atom is 0.231 e. The predicted octanol–water partition coefficient (Wildman–Crippen LogP) is 12.0. The van der Waals surface area contributed by atoms with Crippen LogP contribution in [0, 0.1) is 17.8 Å². The molecule has 1 saturated carbocycles. The van der Waals surface area contributed by atoms with Crippen LogP contribution in [-0.2, 0) is 16.2 Å². The van der Waals surface area contributed by atoms with Crippen LogP contribution in [0.3, 0.4) is 0 Å². The molecular weight excluding hydrogens is 787 g/mol. The number of allylic oxidation sites excluding steroid dienone is 1. The molecule has 3 aliphatic rings. The molecule has 0 amide bonds. The zero-order valence-electron chi connectivity index (χ0n) is 34.3. The Bertz CT molecular complexity index is 2280. The normalized spacial score (nSPS) is 23.6. The van der Waals surface area contributed by atoms with Crippen molar-refractivity contribution in [2.45, 2.75) is 78.3 Å². The van der Waals surface area contributed by atoms with Crippen molar-refractivity contribution in [1.29, 1.82) is 0 Å². The molecule has 2 N–H and O–H groups in total. The number of aliphatic hydroxyl groups excluding tert-OH is 2. The summed E-state index contributed by atoms with van der Waals surface area (Å²) in [5.74, 6) is 1.29. The summed E-state index contributed by atoms with van der Waals surface area (Å²) in [6.45, 7) is 5.07. The third-order valence-corrected chi connectivity index (χ3v) is 14.2. The molecule has 6 atom stereocenters. The van der Waals surface area contributed by atoms with Gasteiger partial charge in [0, 0.05) is 40.9 Å². The molecule has 0 unspecified atom stereocenters. The van der Waals surface area contributed by atoms with Crippen LogP contribution in [0.5, 0.6) is 17.2 Å². The van der Waals surface area contributed by atoms with Gasteiger partial charge in [0.1, 0.15) is 23.9 Å². The maximum absolute atomic E-state index is 10.0. The van der Waals surface area contributed by atoms with Gasteiger partial charge in [-0.2, -0.15) is 0 Å². The Morgan fingerprint density at radius 2 is 1.55 bits per heavy atom. The fourth-order valence-corrected chi connectivity index (χ4v) is 11.2. The van der Waals surface area contributed by atoms with E-state index in [1.165, 1.54) is 15.7 Å². The van der Waals surface area contributed by atoms with E-state index in [0.29, 0.717) is 19.6 Å². The average molecular weight is 842 g/mol. The Hall–Kier alpha value is -4.51. The van der Waals surface area contributed by atoms with E-state index >= 15 is 0 Å². The molecule has 312 valence electrons. The van der Waals surface area contributed by atoms with Crippen molar-refractivity contribution < 1.29 is 29.3 Å². The number of fused-ring (bicyclic) bond motifs is 3. The van der Waals surface area contributed by atoms with Gasteiger partial charge in [0.05, 0.1) is 23.5 Å². The molecule has 0 spiro atoms. The van der Waals surface area contributed by atoms with E-state index in [1.807, 2.05) is 42.5 Å². The van der Waals surface area contributed by atoms with Crippen LogP contribution in [0.2, 0.25) is 0 Å². The van der Waals surface area contributed by atoms with Gasteiger partial charge in [-0.1, -0.05) is 90.8 Å². The summed E-state index contributed by atoms with van der Waals surface area (Å²) in [6, 6.07) is 39.7. The number of thioether (sulfide) groups is 2. The lowest BCUT2D eigenvalue weighted by Gasteiger charge is -2.58. The van der Waals surface area contributed by atoms with Crippen LogP contribution in [0.1, 0.15) is 62.0 Å². The molecule has 0 aromatic heterocycles. The number of hydrogen-bond donors (Lipinski definition) is 2. The van der Waals surface area contributed by atoms with Gasteiger partial charge in [-0.05, 0) is 120 Å². The van der Waals surface area contributed by atoms with Crippen LogP contribution >= 0.6 is 23.5 Å². The number of hydrogen-bond acceptors (Lipinski definition) is 9. The quantitative estimate of drug-likeness (QED) is 0.0368. The van der Waals surface area contributed by atoms with Crippen LogP contribution < -0.4 is 9.47 Å². The molecule has 1 fully saturated rings. The minimum absolute atomic E-state index is 0.0434. The Balaban J connectivity index is 1.29. The first-order chi connectivity index (χ1) is 29.5. The molecule has 9 heteroatoms. The van der Waals surface area contributed by atoms with Crippen LogP contribution in [0.25, 0.3) is 10.8 Å². The van der Waals surface area contributed by atoms with E-state index in [0.717, 1.165) is 83.1 Å². The second kappa shape index (κ2) is 19.9. The van der Waals surface area contributed by atoms with E-state index in [1.54, 1.807) is 23.5 Å². The van der Waals surface area contributed by atoms with Gasteiger partial charge in [0.2, 0.25) is 5.79 Å². The lowest BCUT2D eigenvalue weighted by atomic mass is 9.56. The van der Waals surface area contributed by atoms with Gasteiger partial charge in [-0.3, -0.25) is 0 Å². The summed E-state index contributed by atoms with van der Waals surface area (Å²) >= 11 is 3.48. The first-order valence-electron chi connectivity index (χ1n) is 21.2. The van der Waals surface area contributed by atoms with Gasteiger partial charge in [-0.15, -0.1) is 30.1 Å². The molecule has 7 nitrogen and oxygen atoms in total. The Morgan fingerprint density at radius 1 is 0.817 bits per heavy atom. The number of oxime groups is 1. The topological polar surface area (TPSA) is 89.7 Å². The number of nitrogens with zero attached hydrogens (tertiary/aromatic N) is 1. The monoisotopic (exact) mass is 841 g/mol. The Labute approximate surface area is 362 Å². The van der Waals surface area contributed by atoms with Gasteiger partial charge in [-0.25, -0.2) is 0 Å². The minimum Gasteiger partial charge on any atom is -0.460 e. The third kappa shape index (κ3) is 9.21. The lowest BCUT2D eigenvalue weighted by molar-refractivity contribution is -0.223. The molecule has 1 aliphatic heterocycles. The fourth-order valence-electron chi connectivity index (χ4n) is 9.43. The number of unbranched alkanes of at least 4 members (excludes halogenated alkanes) is 2. The largest absolute Gasteiger partial charge is 0.460 e. The third-order valence-electron chi connectivity index (χ3n) is 12.2. The SMILES string of the molecule is C=CCO[C@@]12Oc3ccc(Oc4ccc(SC)cc4)cc3[C@H]3[C@H](CCCCO)[C@@H](CCCCO)C=C(C(=NOCc4ccccc4)C[C@@H]1Sc1ccc4ccccc4c1)[C@H]32. The van der Waals surface area contributed by atoms with Gasteiger partial charge in [0.15, 0.2) is 0 Å². The first kappa shape index (κ1) is 42.2. The number of aliphatic hydroxyl groups is 2. The van der Waals surface area contributed by atoms with E-state index in [9.17, 15) is 10.2 Å². The molecule has 0 radical (unpaired) electrons. The van der Waals surface area contributed by atoms with Gasteiger partial charge in [0.25, 0.3) is 0 Å². The van der Waals surface area contributed by atoms with Crippen molar-refractivity contribution in [2.24, 2.45) is 22.9 Å². The molecule has 1 heterocycles. The smallest absolute Gasteiger partial charge is 0.231 e. The Morgan fingerprint density at radius 3 is 2.32 bits per heavy atom. The zero-order valence-corrected chi connectivity index (χ0v) is 35.9. The highest BCUT2D eigenvalue weighted by atomic mass is 32.2. The van der Waals surface area contributed by atoms with Crippen molar-refractivity contribution in [3.05, 3.63) is 151 Å². The average Bonchev–Trinajstić information content (AvgIpc) is 3.28. The molecule has 8 rings (SSSR count). The molecular formula is C51H55NO6S2. The number of rotatable bonds is 19. The zero-order chi connectivity index (χ0) is 41.3. The van der Waals surface area contributed by atoms with Crippen LogP contribution in [-0.4, -0.2) is 53.0 Å². The highest BCUT2D eigenvalue weighted by molar-refractivity contribution is 8.00. The molecule has 5 aromatic rings. The minimum atomic E-state index is -1.09. The molecule has 0 bridgehead atoms. The lowest BCUT2D eigenvalue weighted by Crippen LogP contribution is -2.64. The molecule has 5 aromatic carbocycles. The summed E-state index contributed by atoms with van der Waals surface area (Å²) in [5, 5.41) is 27.1. The summed E-state index contributed by atoms with van der Waals surface area (Å²) in [7, 11) is 0. The van der Waals surface area contributed by atoms with E-state index in [2.05, 4.69) is 97.8 Å². The molecule has 2 aliphatic carbocycles. The van der Waals surface area contributed by atoms with Crippen molar-refractivity contribution in [3.63, 3.8) is 0 Å². The van der Waals surface area contributed by atoms with Crippen molar-refractivity contribution in [1.82, 2.24) is 0 Å².